The van der Waals surface area contributed by atoms with Gasteiger partial charge in [0.05, 0.1) is 0 Å². The molecule has 2 N–H and O–H groups in total. The Morgan fingerprint density at radius 2 is 1.00 bits per heavy atom. The van der Waals surface area contributed by atoms with E-state index >= 15 is 0 Å². The summed E-state index contributed by atoms with van der Waals surface area (Å²) in [5.74, 6) is 0. The van der Waals surface area contributed by atoms with Crippen LogP contribution in [0.1, 0.15) is 2.85 Å². The molecule has 0 fully saturated rings. The minimum Gasteiger partial charge on any atom is -1.00 e. The van der Waals surface area contributed by atoms with Gasteiger partial charge in [-0.05, 0) is 0 Å². The Morgan fingerprint density at radius 1 is 1.00 bits per heavy atom. The van der Waals surface area contributed by atoms with Gasteiger partial charge in [-0.1, -0.05) is 0 Å². The SMILES string of the molecule is Cl.Cl.O=S(=O)(O)O.[H-].[H-].[K+].[K+]. The van der Waals surface area contributed by atoms with Gasteiger partial charge in [0.1, 0.15) is 0 Å². The summed E-state index contributed by atoms with van der Waals surface area (Å²) in [6, 6.07) is 0. The van der Waals surface area contributed by atoms with Gasteiger partial charge in [0.25, 0.3) is 0 Å². The van der Waals surface area contributed by atoms with E-state index < -0.39 is 10.4 Å². The third kappa shape index (κ3) is 80.0. The van der Waals surface area contributed by atoms with Crippen LogP contribution in [-0.4, -0.2) is 17.5 Å². The van der Waals surface area contributed by atoms with Crippen molar-refractivity contribution in [1.82, 2.24) is 0 Å². The van der Waals surface area contributed by atoms with Gasteiger partial charge in [0.15, 0.2) is 0 Å². The van der Waals surface area contributed by atoms with Crippen molar-refractivity contribution in [3.8, 4) is 0 Å². The summed E-state index contributed by atoms with van der Waals surface area (Å²) in [6.07, 6.45) is 0. The number of hydrogen-bond acceptors (Lipinski definition) is 2. The van der Waals surface area contributed by atoms with Gasteiger partial charge in [-0.15, -0.1) is 24.8 Å². The first kappa shape index (κ1) is 29.3. The maximum absolute atomic E-state index is 8.74. The van der Waals surface area contributed by atoms with Crippen molar-refractivity contribution in [2.24, 2.45) is 0 Å². The maximum atomic E-state index is 8.74. The summed E-state index contributed by atoms with van der Waals surface area (Å²) < 4.78 is 31.6. The van der Waals surface area contributed by atoms with Crippen LogP contribution in [0.25, 0.3) is 0 Å². The smallest absolute Gasteiger partial charge is 1.00 e. The summed E-state index contributed by atoms with van der Waals surface area (Å²) in [7, 11) is -4.67. The quantitative estimate of drug-likeness (QED) is 0.332. The molecule has 0 aromatic carbocycles. The van der Waals surface area contributed by atoms with E-state index in [9.17, 15) is 0 Å². The topological polar surface area (TPSA) is 74.6 Å². The zero-order valence-corrected chi connectivity index (χ0v) is 13.6. The molecule has 0 aliphatic heterocycles. The van der Waals surface area contributed by atoms with E-state index in [1.807, 2.05) is 0 Å². The van der Waals surface area contributed by atoms with E-state index in [-0.39, 0.29) is 130 Å². The Morgan fingerprint density at radius 3 is 1.00 bits per heavy atom. The molecule has 0 radical (unpaired) electrons. The second-order valence-corrected chi connectivity index (χ2v) is 1.34. The summed E-state index contributed by atoms with van der Waals surface area (Å²) in [5.41, 5.74) is 0. The maximum Gasteiger partial charge on any atom is 1.00 e. The minimum atomic E-state index is -4.67. The standard InChI is InChI=1S/2ClH.2K.H2O4S.2H/c;;;;1-5(2,3)4;;/h2*1H;;;(H2,1,2,3,4);;/q;;2*+1;;2*-1. The van der Waals surface area contributed by atoms with Crippen molar-refractivity contribution in [3.63, 3.8) is 0 Å². The first-order valence-corrected chi connectivity index (χ1v) is 2.10. The van der Waals surface area contributed by atoms with Crippen LogP contribution in [0.15, 0.2) is 0 Å². The van der Waals surface area contributed by atoms with Crippen molar-refractivity contribution >= 4 is 35.2 Å². The van der Waals surface area contributed by atoms with Gasteiger partial charge in [-0.2, -0.15) is 8.42 Å². The van der Waals surface area contributed by atoms with Gasteiger partial charge in [0.2, 0.25) is 0 Å². The molecule has 0 heterocycles. The predicted molar refractivity (Wildman–Crippen MR) is 30.9 cm³/mol. The first-order valence-electron chi connectivity index (χ1n) is 0.698. The molecule has 0 aromatic heterocycles. The summed E-state index contributed by atoms with van der Waals surface area (Å²) in [4.78, 5) is 0. The molecule has 0 aliphatic rings. The molecule has 4 nitrogen and oxygen atoms in total. The Labute approximate surface area is 154 Å². The Balaban J connectivity index is -0.00000000533. The van der Waals surface area contributed by atoms with E-state index in [0.717, 1.165) is 0 Å². The van der Waals surface area contributed by atoms with E-state index in [1.165, 1.54) is 0 Å². The monoisotopic (exact) mass is 250 g/mol. The predicted octanol–water partition coefficient (Wildman–Crippen LogP) is -5.58. The average Bonchev–Trinajstić information content (AvgIpc) is 0.722. The zero-order valence-electron chi connectivity index (χ0n) is 6.94. The summed E-state index contributed by atoms with van der Waals surface area (Å²) >= 11 is 0. The summed E-state index contributed by atoms with van der Waals surface area (Å²) in [6.45, 7) is 0. The fourth-order valence-electron chi connectivity index (χ4n) is 0. The number of rotatable bonds is 0. The number of hydrogen-bond donors (Lipinski definition) is 2. The molecule has 0 saturated carbocycles. The van der Waals surface area contributed by atoms with Crippen LogP contribution in [0.5, 0.6) is 0 Å². The van der Waals surface area contributed by atoms with E-state index in [4.69, 9.17) is 17.5 Å². The third-order valence-electron chi connectivity index (χ3n) is 0. The van der Waals surface area contributed by atoms with Crippen LogP contribution in [-0.2, 0) is 10.4 Å². The molecule has 0 atom stereocenters. The minimum absolute atomic E-state index is 0. The molecular weight excluding hydrogens is 245 g/mol. The second-order valence-electron chi connectivity index (χ2n) is 0.448. The molecule has 9 heteroatoms. The molecule has 0 unspecified atom stereocenters. The van der Waals surface area contributed by atoms with Crippen molar-refractivity contribution in [2.45, 2.75) is 0 Å². The van der Waals surface area contributed by atoms with Gasteiger partial charge >= 0.3 is 113 Å². The van der Waals surface area contributed by atoms with Gasteiger partial charge in [-0.3, -0.25) is 9.11 Å². The van der Waals surface area contributed by atoms with Gasteiger partial charge in [-0.25, -0.2) is 0 Å². The van der Waals surface area contributed by atoms with Crippen LogP contribution in [0.3, 0.4) is 0 Å². The number of halogens is 2. The fourth-order valence-corrected chi connectivity index (χ4v) is 0. The van der Waals surface area contributed by atoms with Crippen molar-refractivity contribution in [1.29, 1.82) is 0 Å². The third-order valence-corrected chi connectivity index (χ3v) is 0. The van der Waals surface area contributed by atoms with Crippen molar-refractivity contribution in [3.05, 3.63) is 0 Å². The first-order chi connectivity index (χ1) is 2.00. The van der Waals surface area contributed by atoms with Crippen LogP contribution in [0, 0.1) is 0 Å². The van der Waals surface area contributed by atoms with Crippen LogP contribution >= 0.6 is 24.8 Å². The second kappa shape index (κ2) is 14.3. The van der Waals surface area contributed by atoms with Crippen molar-refractivity contribution < 1.29 is 123 Å². The molecular formula is H6Cl2K2O4S. The summed E-state index contributed by atoms with van der Waals surface area (Å²) in [5, 5.41) is 0. The molecule has 0 aliphatic carbocycles. The van der Waals surface area contributed by atoms with E-state index in [2.05, 4.69) is 0 Å². The Bertz CT molecular complexity index is 107. The normalized spacial score (nSPS) is 6.44. The Kier molecular flexibility index (Phi) is 46.4. The largest absolute Gasteiger partial charge is 1.00 e. The van der Waals surface area contributed by atoms with Gasteiger partial charge < -0.3 is 2.85 Å². The van der Waals surface area contributed by atoms with E-state index in [1.54, 1.807) is 0 Å². The molecule has 0 aromatic rings. The van der Waals surface area contributed by atoms with Crippen LogP contribution < -0.4 is 103 Å². The molecule has 0 spiro atoms. The Hall–Kier alpha value is 3.72. The average molecular weight is 251 g/mol. The van der Waals surface area contributed by atoms with E-state index in [0.29, 0.717) is 0 Å². The fraction of sp³-hybridized carbons (Fsp3) is 0. The molecule has 9 heavy (non-hydrogen) atoms. The molecule has 0 bridgehead atoms. The van der Waals surface area contributed by atoms with Crippen LogP contribution in [0.2, 0.25) is 0 Å². The van der Waals surface area contributed by atoms with Crippen LogP contribution in [0.4, 0.5) is 0 Å². The molecule has 0 amide bonds. The zero-order chi connectivity index (χ0) is 4.50. The van der Waals surface area contributed by atoms with Crippen molar-refractivity contribution in [2.75, 3.05) is 0 Å². The molecule has 0 saturated heterocycles. The van der Waals surface area contributed by atoms with Gasteiger partial charge in [0, 0.05) is 0 Å². The molecule has 0 rings (SSSR count). The molecule has 52 valence electrons.